The summed E-state index contributed by atoms with van der Waals surface area (Å²) in [6.07, 6.45) is 0. The second-order valence-electron chi connectivity index (χ2n) is 5.27. The molecular weight excluding hydrogens is 305 g/mol. The molecule has 0 aliphatic carbocycles. The first-order chi connectivity index (χ1) is 10.6. The van der Waals surface area contributed by atoms with Crippen molar-refractivity contribution in [3.63, 3.8) is 0 Å². The van der Waals surface area contributed by atoms with Crippen LogP contribution in [0.3, 0.4) is 0 Å². The van der Waals surface area contributed by atoms with Gasteiger partial charge in [0.1, 0.15) is 5.82 Å². The molecule has 0 bridgehead atoms. The molecule has 0 radical (unpaired) electrons. The fraction of sp³-hybridized carbons (Fsp3) is 0.125. The van der Waals surface area contributed by atoms with Crippen LogP contribution in [0.4, 0.5) is 10.1 Å². The van der Waals surface area contributed by atoms with E-state index in [9.17, 15) is 9.18 Å². The lowest BCUT2D eigenvalue weighted by molar-refractivity contribution is 0.629. The van der Waals surface area contributed by atoms with E-state index in [1.165, 1.54) is 12.1 Å². The summed E-state index contributed by atoms with van der Waals surface area (Å²) in [5.74, 6) is -0.556. The number of nitrogens with one attached hydrogen (secondary N) is 2. The Hall–Kier alpha value is -2.40. The molecule has 2 heterocycles. The minimum absolute atomic E-state index is 0.106. The van der Waals surface area contributed by atoms with Crippen molar-refractivity contribution in [2.45, 2.75) is 5.92 Å². The second-order valence-corrected chi connectivity index (χ2v) is 5.68. The van der Waals surface area contributed by atoms with E-state index in [1.54, 1.807) is 0 Å². The van der Waals surface area contributed by atoms with Crippen LogP contribution in [0.2, 0.25) is 5.02 Å². The lowest BCUT2D eigenvalue weighted by Crippen LogP contribution is -2.24. The zero-order valence-electron chi connectivity index (χ0n) is 11.4. The van der Waals surface area contributed by atoms with E-state index in [0.29, 0.717) is 33.7 Å². The molecule has 2 aromatic carbocycles. The van der Waals surface area contributed by atoms with E-state index < -0.39 is 11.4 Å². The lowest BCUT2D eigenvalue weighted by Gasteiger charge is -2.26. The highest BCUT2D eigenvalue weighted by Gasteiger charge is 2.27. The van der Waals surface area contributed by atoms with Crippen molar-refractivity contribution >= 4 is 28.1 Å². The van der Waals surface area contributed by atoms with Gasteiger partial charge < -0.3 is 5.32 Å². The Morgan fingerprint density at radius 3 is 2.91 bits per heavy atom. The number of rotatable bonds is 1. The van der Waals surface area contributed by atoms with E-state index in [1.807, 2.05) is 24.3 Å². The maximum Gasteiger partial charge on any atom is 0.272 e. The number of H-pyrrole nitrogens is 1. The van der Waals surface area contributed by atoms with Crippen molar-refractivity contribution in [1.29, 1.82) is 0 Å². The molecule has 1 atom stereocenters. The molecule has 0 fully saturated rings. The molecule has 4 rings (SSSR count). The van der Waals surface area contributed by atoms with Crippen LogP contribution in [0.25, 0.3) is 10.8 Å². The third-order valence-electron chi connectivity index (χ3n) is 3.99. The molecule has 4 nitrogen and oxygen atoms in total. The number of hydrogen-bond acceptors (Lipinski definition) is 3. The van der Waals surface area contributed by atoms with E-state index >= 15 is 0 Å². The van der Waals surface area contributed by atoms with E-state index in [0.717, 1.165) is 5.56 Å². The van der Waals surface area contributed by atoms with Crippen molar-refractivity contribution in [2.75, 3.05) is 11.9 Å². The molecule has 1 aliphatic rings. The maximum atomic E-state index is 13.7. The molecule has 1 aliphatic heterocycles. The number of aromatic nitrogens is 2. The maximum absolute atomic E-state index is 13.7. The van der Waals surface area contributed by atoms with Crippen molar-refractivity contribution in [2.24, 2.45) is 0 Å². The first-order valence-corrected chi connectivity index (χ1v) is 7.23. The van der Waals surface area contributed by atoms with Crippen LogP contribution in [0.1, 0.15) is 17.2 Å². The van der Waals surface area contributed by atoms with Crippen LogP contribution in [0, 0.1) is 5.82 Å². The molecule has 110 valence electrons. The smallest absolute Gasteiger partial charge is 0.272 e. The number of halogens is 2. The van der Waals surface area contributed by atoms with Crippen LogP contribution in [-0.2, 0) is 0 Å². The molecule has 0 spiro atoms. The molecule has 22 heavy (non-hydrogen) atoms. The third-order valence-corrected chi connectivity index (χ3v) is 4.33. The Balaban J connectivity index is 2.04. The van der Waals surface area contributed by atoms with Gasteiger partial charge in [0.25, 0.3) is 5.56 Å². The van der Waals surface area contributed by atoms with Crippen molar-refractivity contribution in [1.82, 2.24) is 10.2 Å². The Morgan fingerprint density at radius 2 is 2.09 bits per heavy atom. The molecular formula is C16H11ClFN3O. The van der Waals surface area contributed by atoms with Gasteiger partial charge in [0.05, 0.1) is 11.1 Å². The number of benzene rings is 2. The predicted molar refractivity (Wildman–Crippen MR) is 84.1 cm³/mol. The fourth-order valence-corrected chi connectivity index (χ4v) is 3.27. The summed E-state index contributed by atoms with van der Waals surface area (Å²) >= 11 is 6.29. The number of nitrogens with zero attached hydrogens (tertiary/aromatic N) is 1. The van der Waals surface area contributed by atoms with Crippen LogP contribution in [0.5, 0.6) is 0 Å². The molecule has 2 N–H and O–H groups in total. The molecule has 0 amide bonds. The zero-order chi connectivity index (χ0) is 15.3. The molecule has 0 saturated carbocycles. The third kappa shape index (κ3) is 1.89. The summed E-state index contributed by atoms with van der Waals surface area (Å²) in [4.78, 5) is 11.9. The number of aromatic amines is 1. The van der Waals surface area contributed by atoms with E-state index in [4.69, 9.17) is 11.6 Å². The lowest BCUT2D eigenvalue weighted by atomic mass is 9.89. The van der Waals surface area contributed by atoms with Gasteiger partial charge >= 0.3 is 0 Å². The van der Waals surface area contributed by atoms with Gasteiger partial charge in [-0.15, -0.1) is 0 Å². The summed E-state index contributed by atoms with van der Waals surface area (Å²) in [5.41, 5.74) is 1.82. The summed E-state index contributed by atoms with van der Waals surface area (Å²) < 4.78 is 13.7. The van der Waals surface area contributed by atoms with Gasteiger partial charge in [0, 0.05) is 28.6 Å². The molecule has 6 heteroatoms. The Morgan fingerprint density at radius 1 is 1.27 bits per heavy atom. The summed E-state index contributed by atoms with van der Waals surface area (Å²) in [5, 5.41) is 11.4. The van der Waals surface area contributed by atoms with Gasteiger partial charge in [-0.3, -0.25) is 4.79 Å². The SMILES string of the molecule is O=c1[nH]nc2c3c(cc(F)cc13)NC[C@H]2c1ccccc1Cl. The van der Waals surface area contributed by atoms with Crippen molar-refractivity contribution in [3.05, 3.63) is 68.8 Å². The van der Waals surface area contributed by atoms with E-state index in [2.05, 4.69) is 15.5 Å². The Bertz CT molecular complexity index is 954. The normalized spacial score (nSPS) is 16.5. The minimum atomic E-state index is -0.450. The summed E-state index contributed by atoms with van der Waals surface area (Å²) in [6, 6.07) is 10.1. The molecule has 3 aromatic rings. The topological polar surface area (TPSA) is 57.8 Å². The molecule has 0 saturated heterocycles. The minimum Gasteiger partial charge on any atom is -0.383 e. The Kier molecular flexibility index (Phi) is 2.90. The van der Waals surface area contributed by atoms with Gasteiger partial charge in [0.15, 0.2) is 0 Å². The highest BCUT2D eigenvalue weighted by atomic mass is 35.5. The number of anilines is 1. The monoisotopic (exact) mass is 315 g/mol. The van der Waals surface area contributed by atoms with Gasteiger partial charge in [-0.05, 0) is 23.8 Å². The van der Waals surface area contributed by atoms with Crippen LogP contribution < -0.4 is 10.9 Å². The van der Waals surface area contributed by atoms with Crippen LogP contribution >= 0.6 is 11.6 Å². The standard InChI is InChI=1S/C16H11ClFN3O/c17-12-4-2-1-3-9(12)11-7-19-13-6-8(18)5-10-14(13)15(11)20-21-16(10)22/h1-6,11,19H,7H2,(H,21,22)/t11-/m0/s1. The van der Waals surface area contributed by atoms with Gasteiger partial charge in [-0.25, -0.2) is 9.49 Å². The average molecular weight is 316 g/mol. The quantitative estimate of drug-likeness (QED) is 0.724. The van der Waals surface area contributed by atoms with Gasteiger partial charge in [0.2, 0.25) is 0 Å². The van der Waals surface area contributed by atoms with E-state index in [-0.39, 0.29) is 5.92 Å². The van der Waals surface area contributed by atoms with Gasteiger partial charge in [-0.1, -0.05) is 29.8 Å². The Labute approximate surface area is 129 Å². The molecule has 1 aromatic heterocycles. The highest BCUT2D eigenvalue weighted by Crippen LogP contribution is 2.38. The van der Waals surface area contributed by atoms with Crippen LogP contribution in [-0.4, -0.2) is 16.7 Å². The highest BCUT2D eigenvalue weighted by molar-refractivity contribution is 6.31. The number of hydrogen-bond donors (Lipinski definition) is 2. The van der Waals surface area contributed by atoms with Crippen molar-refractivity contribution < 1.29 is 4.39 Å². The second kappa shape index (κ2) is 4.81. The molecule has 0 unspecified atom stereocenters. The first kappa shape index (κ1) is 13.3. The zero-order valence-corrected chi connectivity index (χ0v) is 12.1. The largest absolute Gasteiger partial charge is 0.383 e. The average Bonchev–Trinajstić information content (AvgIpc) is 2.51. The van der Waals surface area contributed by atoms with Gasteiger partial charge in [-0.2, -0.15) is 5.10 Å². The summed E-state index contributed by atoms with van der Waals surface area (Å²) in [6.45, 7) is 0.536. The van der Waals surface area contributed by atoms with Crippen molar-refractivity contribution in [3.8, 4) is 0 Å². The summed E-state index contributed by atoms with van der Waals surface area (Å²) in [7, 11) is 0. The predicted octanol–water partition coefficient (Wildman–Crippen LogP) is 3.27. The van der Waals surface area contributed by atoms with Crippen LogP contribution in [0.15, 0.2) is 41.2 Å². The first-order valence-electron chi connectivity index (χ1n) is 6.85. The fourth-order valence-electron chi connectivity index (χ4n) is 3.00.